The lowest BCUT2D eigenvalue weighted by atomic mass is 10.2. The summed E-state index contributed by atoms with van der Waals surface area (Å²) in [5.41, 5.74) is -1.22. The molecule has 1 aromatic rings. The summed E-state index contributed by atoms with van der Waals surface area (Å²) in [6.45, 7) is 0.675. The molecule has 21 heavy (non-hydrogen) atoms. The Kier molecular flexibility index (Phi) is 6.30. The number of anilines is 1. The Hall–Kier alpha value is -0.990. The molecule has 120 valence electrons. The first kappa shape index (κ1) is 18.1. The third-order valence-electron chi connectivity index (χ3n) is 2.63. The molecule has 0 aliphatic carbocycles. The van der Waals surface area contributed by atoms with Crippen molar-refractivity contribution in [3.05, 3.63) is 28.8 Å². The molecular weight excluding hydrogens is 329 g/mol. The van der Waals surface area contributed by atoms with Gasteiger partial charge in [0.25, 0.3) is 0 Å². The van der Waals surface area contributed by atoms with Crippen molar-refractivity contribution in [1.29, 1.82) is 0 Å². The van der Waals surface area contributed by atoms with Gasteiger partial charge in [0.15, 0.2) is 0 Å². The molecule has 0 saturated carbocycles. The quantitative estimate of drug-likeness (QED) is 0.747. The second-order valence-corrected chi connectivity index (χ2v) is 6.67. The first-order chi connectivity index (χ1) is 9.65. The molecule has 0 fully saturated rings. The van der Waals surface area contributed by atoms with Crippen molar-refractivity contribution in [2.24, 2.45) is 0 Å². The highest BCUT2D eigenvalue weighted by Crippen LogP contribution is 2.36. The van der Waals surface area contributed by atoms with Gasteiger partial charge in [0.2, 0.25) is 10.0 Å². The minimum Gasteiger partial charge on any atom is -0.320 e. The molecule has 0 unspecified atom stereocenters. The highest BCUT2D eigenvalue weighted by atomic mass is 35.5. The third kappa shape index (κ3) is 6.11. The summed E-state index contributed by atoms with van der Waals surface area (Å²) in [6, 6.07) is 2.90. The Morgan fingerprint density at radius 3 is 2.48 bits per heavy atom. The summed E-state index contributed by atoms with van der Waals surface area (Å²) in [4.78, 5) is 0. The van der Waals surface area contributed by atoms with Gasteiger partial charge in [0.05, 0.1) is 16.3 Å². The lowest BCUT2D eigenvalue weighted by Crippen LogP contribution is -2.18. The van der Waals surface area contributed by atoms with E-state index in [1.807, 2.05) is 0 Å². The molecule has 0 radical (unpaired) electrons. The molecule has 1 aromatic carbocycles. The Morgan fingerprint density at radius 2 is 1.90 bits per heavy atom. The number of alkyl halides is 3. The van der Waals surface area contributed by atoms with Crippen molar-refractivity contribution in [2.75, 3.05) is 24.1 Å². The van der Waals surface area contributed by atoms with Crippen LogP contribution in [0.15, 0.2) is 18.2 Å². The monoisotopic (exact) mass is 344 g/mol. The van der Waals surface area contributed by atoms with E-state index in [1.54, 1.807) is 7.05 Å². The van der Waals surface area contributed by atoms with Gasteiger partial charge in [0.1, 0.15) is 0 Å². The number of benzene rings is 1. The van der Waals surface area contributed by atoms with Crippen molar-refractivity contribution < 1.29 is 21.6 Å². The Morgan fingerprint density at radius 1 is 1.24 bits per heavy atom. The average Bonchev–Trinajstić information content (AvgIpc) is 2.35. The minimum atomic E-state index is -4.63. The molecule has 0 atom stereocenters. The van der Waals surface area contributed by atoms with E-state index >= 15 is 0 Å². The maximum absolute atomic E-state index is 12.7. The SMILES string of the molecule is CNCCCCS(=O)(=O)Nc1ccc(Cl)c(C(F)(F)F)c1. The molecule has 0 bridgehead atoms. The predicted molar refractivity (Wildman–Crippen MR) is 77.0 cm³/mol. The van der Waals surface area contributed by atoms with Crippen LogP contribution >= 0.6 is 11.6 Å². The topological polar surface area (TPSA) is 58.2 Å². The zero-order valence-corrected chi connectivity index (χ0v) is 12.9. The minimum absolute atomic E-state index is 0.152. The second-order valence-electron chi connectivity index (χ2n) is 4.42. The van der Waals surface area contributed by atoms with Gasteiger partial charge in [-0.3, -0.25) is 4.72 Å². The van der Waals surface area contributed by atoms with Crippen LogP contribution in [0.1, 0.15) is 18.4 Å². The highest BCUT2D eigenvalue weighted by molar-refractivity contribution is 7.92. The predicted octanol–water partition coefficient (Wildman–Crippen LogP) is 3.10. The van der Waals surface area contributed by atoms with Gasteiger partial charge in [-0.15, -0.1) is 0 Å². The van der Waals surface area contributed by atoms with E-state index in [1.165, 1.54) is 6.07 Å². The Bertz CT molecular complexity index is 576. The molecule has 0 aromatic heterocycles. The van der Waals surface area contributed by atoms with E-state index in [-0.39, 0.29) is 11.4 Å². The molecule has 2 N–H and O–H groups in total. The molecule has 0 aliphatic heterocycles. The maximum Gasteiger partial charge on any atom is 0.417 e. The Balaban J connectivity index is 2.79. The summed E-state index contributed by atoms with van der Waals surface area (Å²) in [7, 11) is -1.93. The molecule has 0 spiro atoms. The summed E-state index contributed by atoms with van der Waals surface area (Å²) in [6.07, 6.45) is -3.56. The standard InChI is InChI=1S/C12H16ClF3N2O2S/c1-17-6-2-3-7-21(19,20)18-9-4-5-11(13)10(8-9)12(14,15)16/h4-5,8,17-18H,2-3,6-7H2,1H3. The zero-order valence-electron chi connectivity index (χ0n) is 11.3. The number of sulfonamides is 1. The van der Waals surface area contributed by atoms with Gasteiger partial charge >= 0.3 is 6.18 Å². The Labute approximate surface area is 126 Å². The summed E-state index contributed by atoms with van der Waals surface area (Å²) < 4.78 is 63.7. The molecule has 0 amide bonds. The number of nitrogens with one attached hydrogen (secondary N) is 2. The van der Waals surface area contributed by atoms with Crippen LogP contribution < -0.4 is 10.0 Å². The lowest BCUT2D eigenvalue weighted by Gasteiger charge is -2.12. The van der Waals surface area contributed by atoms with Crippen LogP contribution in [0.2, 0.25) is 5.02 Å². The molecule has 0 saturated heterocycles. The zero-order chi connectivity index (χ0) is 16.1. The van der Waals surface area contributed by atoms with Crippen molar-refractivity contribution in [3.8, 4) is 0 Å². The van der Waals surface area contributed by atoms with E-state index in [2.05, 4.69) is 10.0 Å². The van der Waals surface area contributed by atoms with Crippen LogP contribution in [-0.2, 0) is 16.2 Å². The molecule has 4 nitrogen and oxygen atoms in total. The van der Waals surface area contributed by atoms with Crippen molar-refractivity contribution >= 4 is 27.3 Å². The molecule has 0 aliphatic rings. The van der Waals surface area contributed by atoms with Gasteiger partial charge in [-0.05, 0) is 44.6 Å². The van der Waals surface area contributed by atoms with Crippen molar-refractivity contribution in [1.82, 2.24) is 5.32 Å². The van der Waals surface area contributed by atoms with E-state index in [9.17, 15) is 21.6 Å². The third-order valence-corrected chi connectivity index (χ3v) is 4.34. The van der Waals surface area contributed by atoms with Crippen molar-refractivity contribution in [3.63, 3.8) is 0 Å². The molecule has 0 heterocycles. The fraction of sp³-hybridized carbons (Fsp3) is 0.500. The van der Waals surface area contributed by atoms with Gasteiger partial charge in [0, 0.05) is 5.69 Å². The summed E-state index contributed by atoms with van der Waals surface area (Å²) >= 11 is 5.47. The fourth-order valence-electron chi connectivity index (χ4n) is 1.63. The number of unbranched alkanes of at least 4 members (excludes halogenated alkanes) is 1. The van der Waals surface area contributed by atoms with Gasteiger partial charge in [-0.25, -0.2) is 8.42 Å². The van der Waals surface area contributed by atoms with Crippen LogP contribution in [0.3, 0.4) is 0 Å². The molecule has 9 heteroatoms. The van der Waals surface area contributed by atoms with E-state index in [0.717, 1.165) is 6.07 Å². The van der Waals surface area contributed by atoms with E-state index in [0.29, 0.717) is 25.5 Å². The first-order valence-electron chi connectivity index (χ1n) is 6.17. The lowest BCUT2D eigenvalue weighted by molar-refractivity contribution is -0.137. The van der Waals surface area contributed by atoms with E-state index < -0.39 is 26.8 Å². The molecular formula is C12H16ClF3N2O2S. The maximum atomic E-state index is 12.7. The van der Waals surface area contributed by atoms with Crippen LogP contribution in [0.5, 0.6) is 0 Å². The number of halogens is 4. The smallest absolute Gasteiger partial charge is 0.320 e. The second kappa shape index (κ2) is 7.33. The van der Waals surface area contributed by atoms with Gasteiger partial charge in [-0.1, -0.05) is 11.6 Å². The van der Waals surface area contributed by atoms with Crippen LogP contribution in [0, 0.1) is 0 Å². The highest BCUT2D eigenvalue weighted by Gasteiger charge is 2.33. The number of hydrogen-bond acceptors (Lipinski definition) is 3. The number of hydrogen-bond donors (Lipinski definition) is 2. The summed E-state index contributed by atoms with van der Waals surface area (Å²) in [5, 5.41) is 2.41. The normalized spacial score (nSPS) is 12.4. The van der Waals surface area contributed by atoms with Crippen molar-refractivity contribution in [2.45, 2.75) is 19.0 Å². The largest absolute Gasteiger partial charge is 0.417 e. The number of rotatable bonds is 7. The van der Waals surface area contributed by atoms with Gasteiger partial charge < -0.3 is 5.32 Å². The summed E-state index contributed by atoms with van der Waals surface area (Å²) in [5.74, 6) is -0.154. The fourth-order valence-corrected chi connectivity index (χ4v) is 3.03. The average molecular weight is 345 g/mol. The van der Waals surface area contributed by atoms with Crippen LogP contribution in [0.4, 0.5) is 18.9 Å². The van der Waals surface area contributed by atoms with E-state index in [4.69, 9.17) is 11.6 Å². The molecule has 1 rings (SSSR count). The van der Waals surface area contributed by atoms with Crippen LogP contribution in [-0.4, -0.2) is 27.8 Å². The van der Waals surface area contributed by atoms with Crippen LogP contribution in [0.25, 0.3) is 0 Å². The first-order valence-corrected chi connectivity index (χ1v) is 8.20. The van der Waals surface area contributed by atoms with Gasteiger partial charge in [-0.2, -0.15) is 13.2 Å².